The number of rotatable bonds is 6. The van der Waals surface area contributed by atoms with Crippen LogP contribution in [0.25, 0.3) is 0 Å². The lowest BCUT2D eigenvalue weighted by atomic mass is 10.2. The number of benzene rings is 1. The van der Waals surface area contributed by atoms with Gasteiger partial charge in [-0.25, -0.2) is 0 Å². The van der Waals surface area contributed by atoms with Crippen LogP contribution in [0.2, 0.25) is 0 Å². The molecule has 19 heavy (non-hydrogen) atoms. The van der Waals surface area contributed by atoms with E-state index in [0.717, 1.165) is 15.8 Å². The van der Waals surface area contributed by atoms with E-state index in [0.29, 0.717) is 18.8 Å². The summed E-state index contributed by atoms with van der Waals surface area (Å²) in [5, 5.41) is 2.85. The maximum atomic E-state index is 11.6. The number of hydrogen-bond donors (Lipinski definition) is 2. The Balaban J connectivity index is 0.00000324. The lowest BCUT2D eigenvalue weighted by Gasteiger charge is -2.09. The van der Waals surface area contributed by atoms with Crippen molar-refractivity contribution in [1.82, 2.24) is 5.32 Å². The molecule has 0 aliphatic rings. The smallest absolute Gasteiger partial charge is 0.230 e. The van der Waals surface area contributed by atoms with Crippen LogP contribution < -0.4 is 11.1 Å². The number of hydrogen-bond acceptors (Lipinski definition) is 3. The number of carbonyl (C=O) groups is 1. The van der Waals surface area contributed by atoms with Gasteiger partial charge in [-0.3, -0.25) is 4.79 Å². The highest BCUT2D eigenvalue weighted by molar-refractivity contribution is 9.10. The SMILES string of the molecule is Cc1cc(SCC(=O)NCCCN)c(C)cc1Br.Cl. The fourth-order valence-corrected chi connectivity index (χ4v) is 2.83. The number of halogens is 2. The lowest BCUT2D eigenvalue weighted by Crippen LogP contribution is -2.27. The normalized spacial score (nSPS) is 9.89. The molecule has 0 spiro atoms. The van der Waals surface area contributed by atoms with Gasteiger partial charge in [0.1, 0.15) is 0 Å². The van der Waals surface area contributed by atoms with E-state index in [1.54, 1.807) is 11.8 Å². The van der Waals surface area contributed by atoms with Crippen molar-refractivity contribution in [2.75, 3.05) is 18.8 Å². The van der Waals surface area contributed by atoms with Gasteiger partial charge in [-0.05, 0) is 50.1 Å². The predicted octanol–water partition coefficient (Wildman–Crippen LogP) is 3.04. The summed E-state index contributed by atoms with van der Waals surface area (Å²) < 4.78 is 1.11. The molecule has 0 heterocycles. The van der Waals surface area contributed by atoms with E-state index in [1.807, 2.05) is 0 Å². The second-order valence-electron chi connectivity index (χ2n) is 4.15. The number of nitrogens with one attached hydrogen (secondary N) is 1. The molecule has 1 aromatic rings. The van der Waals surface area contributed by atoms with Crippen LogP contribution in [0.4, 0.5) is 0 Å². The summed E-state index contributed by atoms with van der Waals surface area (Å²) in [6.45, 7) is 5.38. The summed E-state index contributed by atoms with van der Waals surface area (Å²) >= 11 is 5.07. The maximum absolute atomic E-state index is 11.6. The molecule has 6 heteroatoms. The van der Waals surface area contributed by atoms with Gasteiger partial charge in [-0.2, -0.15) is 0 Å². The van der Waals surface area contributed by atoms with Crippen molar-refractivity contribution in [3.8, 4) is 0 Å². The third kappa shape index (κ3) is 6.65. The van der Waals surface area contributed by atoms with Crippen molar-refractivity contribution >= 4 is 46.0 Å². The Morgan fingerprint density at radius 1 is 1.37 bits per heavy atom. The first kappa shape index (κ1) is 18.8. The largest absolute Gasteiger partial charge is 0.355 e. The summed E-state index contributed by atoms with van der Waals surface area (Å²) in [6.07, 6.45) is 0.826. The van der Waals surface area contributed by atoms with Gasteiger partial charge in [0.2, 0.25) is 5.91 Å². The molecule has 0 saturated carbocycles. The Labute approximate surface area is 133 Å². The first-order valence-corrected chi connectivity index (χ1v) is 7.68. The third-order valence-electron chi connectivity index (χ3n) is 2.52. The number of thioether (sulfide) groups is 1. The minimum Gasteiger partial charge on any atom is -0.355 e. The minimum absolute atomic E-state index is 0. The van der Waals surface area contributed by atoms with E-state index >= 15 is 0 Å². The molecule has 3 N–H and O–H groups in total. The molecule has 1 rings (SSSR count). The van der Waals surface area contributed by atoms with Gasteiger partial charge in [0.15, 0.2) is 0 Å². The molecule has 0 aromatic heterocycles. The molecule has 0 saturated heterocycles. The fourth-order valence-electron chi connectivity index (χ4n) is 1.43. The van der Waals surface area contributed by atoms with Crippen LogP contribution >= 0.6 is 40.1 Å². The Morgan fingerprint density at radius 3 is 2.68 bits per heavy atom. The molecule has 0 aliphatic carbocycles. The minimum atomic E-state index is 0. The molecule has 0 aliphatic heterocycles. The number of nitrogens with two attached hydrogens (primary N) is 1. The second kappa shape index (κ2) is 9.64. The van der Waals surface area contributed by atoms with Crippen LogP contribution in [-0.2, 0) is 4.79 Å². The van der Waals surface area contributed by atoms with Gasteiger partial charge in [0, 0.05) is 15.9 Å². The van der Waals surface area contributed by atoms with Crippen LogP contribution in [0.5, 0.6) is 0 Å². The monoisotopic (exact) mass is 366 g/mol. The Bertz CT molecular complexity index is 429. The highest BCUT2D eigenvalue weighted by Crippen LogP contribution is 2.28. The van der Waals surface area contributed by atoms with Crippen molar-refractivity contribution < 1.29 is 4.79 Å². The molecule has 0 radical (unpaired) electrons. The molecule has 1 amide bonds. The van der Waals surface area contributed by atoms with Crippen molar-refractivity contribution in [3.63, 3.8) is 0 Å². The molecule has 0 atom stereocenters. The number of aryl methyl sites for hydroxylation is 2. The van der Waals surface area contributed by atoms with Gasteiger partial charge in [0.05, 0.1) is 5.75 Å². The summed E-state index contributed by atoms with van der Waals surface area (Å²) in [4.78, 5) is 12.7. The zero-order valence-electron chi connectivity index (χ0n) is 11.2. The van der Waals surface area contributed by atoms with Crippen molar-refractivity contribution in [3.05, 3.63) is 27.7 Å². The quantitative estimate of drug-likeness (QED) is 0.600. The van der Waals surface area contributed by atoms with Gasteiger partial charge in [0.25, 0.3) is 0 Å². The zero-order valence-corrected chi connectivity index (χ0v) is 14.4. The standard InChI is InChI=1S/C13H19BrN2OS.ClH/c1-9-7-12(10(2)6-11(9)14)18-8-13(17)16-5-3-4-15;/h6-7H,3-5,8,15H2,1-2H3,(H,16,17);1H. The number of amides is 1. The van der Waals surface area contributed by atoms with Crippen LogP contribution in [0.15, 0.2) is 21.5 Å². The predicted molar refractivity (Wildman–Crippen MR) is 88.3 cm³/mol. The average Bonchev–Trinajstić information content (AvgIpc) is 2.32. The zero-order chi connectivity index (χ0) is 13.5. The lowest BCUT2D eigenvalue weighted by molar-refractivity contribution is -0.118. The van der Waals surface area contributed by atoms with Crippen LogP contribution in [0, 0.1) is 13.8 Å². The summed E-state index contributed by atoms with van der Waals surface area (Å²) in [6, 6.07) is 4.20. The van der Waals surface area contributed by atoms with Gasteiger partial charge >= 0.3 is 0 Å². The van der Waals surface area contributed by atoms with Gasteiger partial charge < -0.3 is 11.1 Å². The Morgan fingerprint density at radius 2 is 2.05 bits per heavy atom. The third-order valence-corrected chi connectivity index (χ3v) is 4.53. The van der Waals surface area contributed by atoms with E-state index in [2.05, 4.69) is 47.2 Å². The first-order valence-electron chi connectivity index (χ1n) is 5.91. The fraction of sp³-hybridized carbons (Fsp3) is 0.462. The summed E-state index contributed by atoms with van der Waals surface area (Å²) in [7, 11) is 0. The van der Waals surface area contributed by atoms with Crippen molar-refractivity contribution in [2.45, 2.75) is 25.2 Å². The van der Waals surface area contributed by atoms with Gasteiger partial charge in [-0.1, -0.05) is 15.9 Å². The topological polar surface area (TPSA) is 55.1 Å². The molecule has 0 fully saturated rings. The van der Waals surface area contributed by atoms with Gasteiger partial charge in [-0.15, -0.1) is 24.2 Å². The second-order valence-corrected chi connectivity index (χ2v) is 6.02. The van der Waals surface area contributed by atoms with Crippen molar-refractivity contribution in [1.29, 1.82) is 0 Å². The summed E-state index contributed by atoms with van der Waals surface area (Å²) in [5.41, 5.74) is 7.74. The molecular formula is C13H20BrClN2OS. The average molecular weight is 368 g/mol. The molecule has 0 unspecified atom stereocenters. The van der Waals surface area contributed by atoms with Crippen molar-refractivity contribution in [2.24, 2.45) is 5.73 Å². The molecule has 108 valence electrons. The summed E-state index contributed by atoms with van der Waals surface area (Å²) in [5.74, 6) is 0.514. The van der Waals surface area contributed by atoms with Crippen LogP contribution in [-0.4, -0.2) is 24.7 Å². The molecule has 1 aromatic carbocycles. The Kier molecular flexibility index (Phi) is 9.52. The van der Waals surface area contributed by atoms with E-state index in [-0.39, 0.29) is 18.3 Å². The van der Waals surface area contributed by atoms with Crippen LogP contribution in [0.1, 0.15) is 17.5 Å². The van der Waals surface area contributed by atoms with E-state index < -0.39 is 0 Å². The van der Waals surface area contributed by atoms with E-state index in [4.69, 9.17) is 5.73 Å². The van der Waals surface area contributed by atoms with Crippen LogP contribution in [0.3, 0.4) is 0 Å². The Hall–Kier alpha value is -0.230. The highest BCUT2D eigenvalue weighted by Gasteiger charge is 2.06. The van der Waals surface area contributed by atoms with E-state index in [9.17, 15) is 4.79 Å². The molecule has 0 bridgehead atoms. The molecular weight excluding hydrogens is 348 g/mol. The highest BCUT2D eigenvalue weighted by atomic mass is 79.9. The number of carbonyl (C=O) groups excluding carboxylic acids is 1. The van der Waals surface area contributed by atoms with E-state index in [1.165, 1.54) is 11.1 Å². The maximum Gasteiger partial charge on any atom is 0.230 e. The molecule has 3 nitrogen and oxygen atoms in total. The first-order chi connectivity index (χ1) is 8.54.